The zero-order chi connectivity index (χ0) is 28.3. The largest absolute Gasteiger partial charge is 0.481 e. The average molecular weight is 545 g/mol. The van der Waals surface area contributed by atoms with Crippen LogP contribution in [0.1, 0.15) is 44.1 Å². The van der Waals surface area contributed by atoms with Gasteiger partial charge < -0.3 is 20.6 Å². The second-order valence-electron chi connectivity index (χ2n) is 10.4. The van der Waals surface area contributed by atoms with E-state index in [1.54, 1.807) is 39.0 Å². The fourth-order valence-electron chi connectivity index (χ4n) is 4.01. The smallest absolute Gasteiger partial charge is 0.305 e. The minimum atomic E-state index is -3.54. The number of fused-ring (bicyclic) bond motifs is 1. The minimum absolute atomic E-state index is 0.151. The summed E-state index contributed by atoms with van der Waals surface area (Å²) in [5.41, 5.74) is 0.0847. The van der Waals surface area contributed by atoms with Crippen LogP contribution in [0.15, 0.2) is 47.9 Å². The molecule has 3 amide bonds. The Kier molecular flexibility index (Phi) is 8.55. The lowest BCUT2D eigenvalue weighted by Crippen LogP contribution is -2.65. The molecule has 0 spiro atoms. The van der Waals surface area contributed by atoms with Crippen LogP contribution in [-0.2, 0) is 24.2 Å². The van der Waals surface area contributed by atoms with Gasteiger partial charge in [-0.15, -0.1) is 0 Å². The van der Waals surface area contributed by atoms with Crippen LogP contribution in [-0.4, -0.2) is 78.0 Å². The van der Waals surface area contributed by atoms with Crippen LogP contribution >= 0.6 is 0 Å². The van der Waals surface area contributed by atoms with Gasteiger partial charge in [0.25, 0.3) is 5.91 Å². The molecule has 1 saturated heterocycles. The molecule has 2 heterocycles. The number of carbonyl (C=O) groups excluding carboxylic acids is 3. The minimum Gasteiger partial charge on any atom is -0.481 e. The number of amides is 3. The Morgan fingerprint density at radius 2 is 1.82 bits per heavy atom. The summed E-state index contributed by atoms with van der Waals surface area (Å²) in [7, 11) is -3.54. The number of benzene rings is 1. The van der Waals surface area contributed by atoms with Crippen molar-refractivity contribution in [1.29, 1.82) is 0 Å². The number of nitrogens with one attached hydrogen (secondary N) is 2. The van der Waals surface area contributed by atoms with Crippen molar-refractivity contribution < 1.29 is 32.7 Å². The first-order chi connectivity index (χ1) is 17.7. The molecule has 11 nitrogen and oxygen atoms in total. The Labute approximate surface area is 221 Å². The molecular weight excluding hydrogens is 512 g/mol. The number of carboxylic acids is 1. The summed E-state index contributed by atoms with van der Waals surface area (Å²) in [6.07, 6.45) is 1.85. The maximum atomic E-state index is 13.5. The van der Waals surface area contributed by atoms with Gasteiger partial charge in [-0.1, -0.05) is 51.1 Å². The SMILES string of the molecule is CC(C)(C)C(NC(=O)c1ccc2ccccc2n1)C(=O)N1CC[C@@H]1C(=O)N[C@H](/C=C/S(C)(=O)=O)CC(=O)O. The van der Waals surface area contributed by atoms with Crippen LogP contribution in [0.2, 0.25) is 0 Å². The molecule has 1 unspecified atom stereocenters. The number of pyridine rings is 1. The summed E-state index contributed by atoms with van der Waals surface area (Å²) in [4.78, 5) is 56.4. The van der Waals surface area contributed by atoms with Crippen molar-refractivity contribution >= 4 is 44.4 Å². The van der Waals surface area contributed by atoms with Gasteiger partial charge in [-0.3, -0.25) is 19.2 Å². The topological polar surface area (TPSA) is 163 Å². The number of para-hydroxylation sites is 1. The summed E-state index contributed by atoms with van der Waals surface area (Å²) in [6.45, 7) is 5.64. The number of aromatic nitrogens is 1. The molecule has 3 N–H and O–H groups in total. The first kappa shape index (κ1) is 28.8. The van der Waals surface area contributed by atoms with Gasteiger partial charge in [-0.25, -0.2) is 13.4 Å². The van der Waals surface area contributed by atoms with Crippen molar-refractivity contribution in [2.45, 2.75) is 51.7 Å². The number of carboxylic acid groups (broad SMARTS) is 1. The molecule has 0 saturated carbocycles. The number of hydrogen-bond donors (Lipinski definition) is 3. The monoisotopic (exact) mass is 544 g/mol. The van der Waals surface area contributed by atoms with Crippen molar-refractivity contribution in [1.82, 2.24) is 20.5 Å². The highest BCUT2D eigenvalue weighted by Crippen LogP contribution is 2.27. The highest BCUT2D eigenvalue weighted by atomic mass is 32.2. The second kappa shape index (κ2) is 11.3. The number of hydrogen-bond acceptors (Lipinski definition) is 7. The van der Waals surface area contributed by atoms with E-state index in [9.17, 15) is 27.6 Å². The lowest BCUT2D eigenvalue weighted by atomic mass is 9.84. The first-order valence-electron chi connectivity index (χ1n) is 12.0. The summed E-state index contributed by atoms with van der Waals surface area (Å²) in [5, 5.41) is 16.1. The Hall–Kier alpha value is -3.80. The van der Waals surface area contributed by atoms with Crippen LogP contribution in [0.25, 0.3) is 10.9 Å². The van der Waals surface area contributed by atoms with E-state index in [4.69, 9.17) is 5.11 Å². The van der Waals surface area contributed by atoms with Gasteiger partial charge >= 0.3 is 5.97 Å². The van der Waals surface area contributed by atoms with Crippen LogP contribution < -0.4 is 10.6 Å². The van der Waals surface area contributed by atoms with Crippen molar-refractivity contribution in [2.75, 3.05) is 12.8 Å². The number of rotatable bonds is 9. The van der Waals surface area contributed by atoms with Gasteiger partial charge in [0.2, 0.25) is 11.8 Å². The van der Waals surface area contributed by atoms with Gasteiger partial charge in [-0.05, 0) is 24.0 Å². The fraction of sp³-hybridized carbons (Fsp3) is 0.423. The van der Waals surface area contributed by atoms with Crippen LogP contribution in [0, 0.1) is 5.41 Å². The van der Waals surface area contributed by atoms with E-state index in [1.807, 2.05) is 18.2 Å². The highest BCUT2D eigenvalue weighted by Gasteiger charge is 2.44. The number of sulfone groups is 1. The molecule has 1 aromatic carbocycles. The van der Waals surface area contributed by atoms with Gasteiger partial charge in [0, 0.05) is 23.6 Å². The molecule has 1 aliphatic heterocycles. The van der Waals surface area contributed by atoms with E-state index >= 15 is 0 Å². The third-order valence-electron chi connectivity index (χ3n) is 6.11. The van der Waals surface area contributed by atoms with Crippen LogP contribution in [0.3, 0.4) is 0 Å². The predicted octanol–water partition coefficient (Wildman–Crippen LogP) is 1.50. The molecule has 1 fully saturated rings. The summed E-state index contributed by atoms with van der Waals surface area (Å²) >= 11 is 0. The zero-order valence-electron chi connectivity index (χ0n) is 21.7. The van der Waals surface area contributed by atoms with Crippen molar-refractivity contribution in [3.05, 3.63) is 53.6 Å². The van der Waals surface area contributed by atoms with Gasteiger partial charge in [0.05, 0.1) is 18.0 Å². The molecule has 12 heteroatoms. The number of likely N-dealkylation sites (tertiary alicyclic amines) is 1. The van der Waals surface area contributed by atoms with Crippen LogP contribution in [0.4, 0.5) is 0 Å². The zero-order valence-corrected chi connectivity index (χ0v) is 22.5. The number of nitrogens with zero attached hydrogens (tertiary/aromatic N) is 2. The van der Waals surface area contributed by atoms with E-state index in [2.05, 4.69) is 15.6 Å². The quantitative estimate of drug-likeness (QED) is 0.428. The Morgan fingerprint density at radius 3 is 2.39 bits per heavy atom. The molecule has 1 aromatic heterocycles. The van der Waals surface area contributed by atoms with E-state index in [-0.39, 0.29) is 12.2 Å². The van der Waals surface area contributed by atoms with Gasteiger partial charge in [0.15, 0.2) is 9.84 Å². The lowest BCUT2D eigenvalue weighted by Gasteiger charge is -2.44. The molecule has 1 aliphatic rings. The lowest BCUT2D eigenvalue weighted by molar-refractivity contribution is -0.151. The standard InChI is InChI=1S/C26H32N4O7S/c1-26(2,3)22(29-23(33)19-10-9-16-7-5-6-8-18(16)28-19)25(35)30-13-11-20(30)24(34)27-17(15-21(31)32)12-14-38(4,36)37/h5-10,12,14,17,20,22H,11,13,15H2,1-4H3,(H,27,34)(H,29,33)(H,31,32)/b14-12+/t17-,20-,22?/m1/s1. The molecule has 2 aromatic rings. The summed E-state index contributed by atoms with van der Waals surface area (Å²) in [5.74, 6) is -2.82. The molecule has 3 rings (SSSR count). The van der Waals surface area contributed by atoms with Crippen molar-refractivity contribution in [3.8, 4) is 0 Å². The molecule has 0 bridgehead atoms. The summed E-state index contributed by atoms with van der Waals surface area (Å²) in [6, 6.07) is 7.74. The fourth-order valence-corrected chi connectivity index (χ4v) is 4.48. The maximum Gasteiger partial charge on any atom is 0.305 e. The van der Waals surface area contributed by atoms with E-state index in [0.29, 0.717) is 11.9 Å². The van der Waals surface area contributed by atoms with Crippen molar-refractivity contribution in [3.63, 3.8) is 0 Å². The Bertz CT molecular complexity index is 1380. The van der Waals surface area contributed by atoms with E-state index in [1.165, 1.54) is 4.90 Å². The van der Waals surface area contributed by atoms with Gasteiger partial charge in [-0.2, -0.15) is 0 Å². The molecule has 0 radical (unpaired) electrons. The Morgan fingerprint density at radius 1 is 1.13 bits per heavy atom. The normalized spacial score (nSPS) is 17.5. The second-order valence-corrected chi connectivity index (χ2v) is 12.3. The average Bonchev–Trinajstić information content (AvgIpc) is 2.78. The molecule has 204 valence electrons. The number of aliphatic carboxylic acids is 1. The number of carbonyl (C=O) groups is 4. The van der Waals surface area contributed by atoms with Crippen LogP contribution in [0.5, 0.6) is 0 Å². The predicted molar refractivity (Wildman–Crippen MR) is 141 cm³/mol. The molecule has 38 heavy (non-hydrogen) atoms. The van der Waals surface area contributed by atoms with Crippen molar-refractivity contribution in [2.24, 2.45) is 5.41 Å². The summed E-state index contributed by atoms with van der Waals surface area (Å²) < 4.78 is 22.9. The van der Waals surface area contributed by atoms with E-state index in [0.717, 1.165) is 23.1 Å². The third kappa shape index (κ3) is 7.37. The molecular formula is C26H32N4O7S. The third-order valence-corrected chi connectivity index (χ3v) is 6.76. The highest BCUT2D eigenvalue weighted by molar-refractivity contribution is 7.93. The van der Waals surface area contributed by atoms with E-state index < -0.39 is 63.5 Å². The Balaban J connectivity index is 1.75. The first-order valence-corrected chi connectivity index (χ1v) is 14.0. The maximum absolute atomic E-state index is 13.5. The van der Waals surface area contributed by atoms with Gasteiger partial charge in [0.1, 0.15) is 17.8 Å². The molecule has 3 atom stereocenters. The molecule has 0 aliphatic carbocycles.